The van der Waals surface area contributed by atoms with Crippen LogP contribution in [0.15, 0.2) is 0 Å². The van der Waals surface area contributed by atoms with E-state index in [2.05, 4.69) is 41.5 Å². The molecule has 0 unspecified atom stereocenters. The molecule has 2 nitrogen and oxygen atoms in total. The van der Waals surface area contributed by atoms with Gasteiger partial charge in [0.15, 0.2) is 0 Å². The van der Waals surface area contributed by atoms with E-state index in [1.807, 2.05) is 0 Å². The van der Waals surface area contributed by atoms with Crippen LogP contribution in [0.5, 0.6) is 0 Å². The van der Waals surface area contributed by atoms with E-state index in [1.165, 1.54) is 38.5 Å². The van der Waals surface area contributed by atoms with Gasteiger partial charge in [-0.3, -0.25) is 9.59 Å². The molecular weight excluding hydrogens is 368 g/mol. The van der Waals surface area contributed by atoms with Crippen molar-refractivity contribution in [3.05, 3.63) is 0 Å². The van der Waals surface area contributed by atoms with E-state index in [1.54, 1.807) is 0 Å². The van der Waals surface area contributed by atoms with Gasteiger partial charge in [-0.05, 0) is 84.4 Å². The van der Waals surface area contributed by atoms with E-state index in [4.69, 9.17) is 0 Å². The topological polar surface area (TPSA) is 34.1 Å². The van der Waals surface area contributed by atoms with E-state index < -0.39 is 0 Å². The Balaban J connectivity index is 1.52. The van der Waals surface area contributed by atoms with Crippen molar-refractivity contribution in [1.82, 2.24) is 0 Å². The van der Waals surface area contributed by atoms with E-state index in [9.17, 15) is 9.59 Å². The van der Waals surface area contributed by atoms with Gasteiger partial charge in [-0.15, -0.1) is 0 Å². The van der Waals surface area contributed by atoms with Gasteiger partial charge in [0.25, 0.3) is 0 Å². The summed E-state index contributed by atoms with van der Waals surface area (Å²) in [6.07, 6.45) is 10.9. The Kier molecular flexibility index (Phi) is 6.04. The van der Waals surface area contributed by atoms with Gasteiger partial charge in [-0.25, -0.2) is 0 Å². The molecule has 0 saturated heterocycles. The van der Waals surface area contributed by atoms with E-state index >= 15 is 0 Å². The largest absolute Gasteiger partial charge is 0.300 e. The van der Waals surface area contributed by atoms with Crippen LogP contribution in [0.3, 0.4) is 0 Å². The number of hydrogen-bond acceptors (Lipinski definition) is 2. The first kappa shape index (κ1) is 22.5. The Bertz CT molecular complexity index is 680. The zero-order valence-electron chi connectivity index (χ0n) is 20.5. The Hall–Kier alpha value is -0.660. The number of Topliss-reactive ketones (excluding diaryl/α,β-unsaturated/α-hetero) is 2. The molecule has 9 atom stereocenters. The summed E-state index contributed by atoms with van der Waals surface area (Å²) in [7, 11) is 0. The molecule has 0 aromatic carbocycles. The van der Waals surface area contributed by atoms with Gasteiger partial charge in [-0.2, -0.15) is 0 Å². The molecule has 30 heavy (non-hydrogen) atoms. The van der Waals surface area contributed by atoms with Gasteiger partial charge < -0.3 is 0 Å². The lowest BCUT2D eigenvalue weighted by molar-refractivity contribution is -0.161. The Morgan fingerprint density at radius 2 is 1.67 bits per heavy atom. The number of hydrogen-bond donors (Lipinski definition) is 0. The number of ketones is 2. The predicted molar refractivity (Wildman–Crippen MR) is 123 cm³/mol. The van der Waals surface area contributed by atoms with Crippen molar-refractivity contribution < 1.29 is 9.59 Å². The van der Waals surface area contributed by atoms with Crippen LogP contribution in [0.4, 0.5) is 0 Å². The van der Waals surface area contributed by atoms with Gasteiger partial charge >= 0.3 is 0 Å². The molecular formula is C28H46O2. The van der Waals surface area contributed by atoms with Crippen LogP contribution >= 0.6 is 0 Å². The lowest BCUT2D eigenvalue weighted by Gasteiger charge is -2.59. The van der Waals surface area contributed by atoms with Crippen LogP contribution in [-0.2, 0) is 9.59 Å². The van der Waals surface area contributed by atoms with Crippen molar-refractivity contribution in [2.24, 2.45) is 58.2 Å². The van der Waals surface area contributed by atoms with Gasteiger partial charge in [0, 0.05) is 25.2 Å². The summed E-state index contributed by atoms with van der Waals surface area (Å²) >= 11 is 0. The molecule has 4 aliphatic carbocycles. The first-order valence-electron chi connectivity index (χ1n) is 13.1. The fraction of sp³-hybridized carbons (Fsp3) is 0.929. The van der Waals surface area contributed by atoms with Crippen molar-refractivity contribution >= 4 is 11.6 Å². The summed E-state index contributed by atoms with van der Waals surface area (Å²) in [5.41, 5.74) is 0.304. The molecule has 0 aromatic rings. The highest BCUT2D eigenvalue weighted by Crippen LogP contribution is 2.67. The third kappa shape index (κ3) is 3.53. The molecule has 0 aromatic heterocycles. The SMILES string of the molecule is CC(C)[C@@H](C)CC[C@@H](C)[C@H]1CC[C@H]2[C@@H]3CC[C@H]4CC(=O)CC[C@]4(C)[C@H]3C(=O)C[C@]12C. The van der Waals surface area contributed by atoms with Crippen LogP contribution in [0.25, 0.3) is 0 Å². The zero-order valence-corrected chi connectivity index (χ0v) is 20.5. The summed E-state index contributed by atoms with van der Waals surface area (Å²) < 4.78 is 0. The van der Waals surface area contributed by atoms with Gasteiger partial charge in [-0.1, -0.05) is 54.4 Å². The zero-order chi connectivity index (χ0) is 21.8. The second-order valence-electron chi connectivity index (χ2n) is 12.9. The maximum absolute atomic E-state index is 13.8. The summed E-state index contributed by atoms with van der Waals surface area (Å²) in [6.45, 7) is 14.4. The van der Waals surface area contributed by atoms with Crippen LogP contribution in [0, 0.1) is 58.2 Å². The highest BCUT2D eigenvalue weighted by Gasteiger charge is 2.63. The smallest absolute Gasteiger partial charge is 0.137 e. The molecule has 2 heteroatoms. The van der Waals surface area contributed by atoms with Crippen LogP contribution in [0.1, 0.15) is 106 Å². The molecule has 0 amide bonds. The van der Waals surface area contributed by atoms with Crippen LogP contribution < -0.4 is 0 Å². The quantitative estimate of drug-likeness (QED) is 0.480. The first-order valence-corrected chi connectivity index (χ1v) is 13.1. The lowest BCUT2D eigenvalue weighted by Crippen LogP contribution is -2.57. The molecule has 0 radical (unpaired) electrons. The minimum absolute atomic E-state index is 0.0889. The molecule has 4 aliphatic rings. The summed E-state index contributed by atoms with van der Waals surface area (Å²) in [4.78, 5) is 25.9. The lowest BCUT2D eigenvalue weighted by atomic mass is 9.44. The van der Waals surface area contributed by atoms with Gasteiger partial charge in [0.05, 0.1) is 0 Å². The normalized spacial score (nSPS) is 45.6. The molecule has 4 fully saturated rings. The maximum atomic E-state index is 13.8. The molecule has 0 heterocycles. The number of carbonyl (C=O) groups excluding carboxylic acids is 2. The van der Waals surface area contributed by atoms with Crippen molar-refractivity contribution in [3.63, 3.8) is 0 Å². The average molecular weight is 415 g/mol. The van der Waals surface area contributed by atoms with Crippen molar-refractivity contribution in [3.8, 4) is 0 Å². The summed E-state index contributed by atoms with van der Waals surface area (Å²) in [6, 6.07) is 0. The molecule has 0 aliphatic heterocycles. The molecule has 4 saturated carbocycles. The average Bonchev–Trinajstić information content (AvgIpc) is 3.02. The minimum Gasteiger partial charge on any atom is -0.300 e. The highest BCUT2D eigenvalue weighted by atomic mass is 16.1. The number of fused-ring (bicyclic) bond motifs is 5. The first-order chi connectivity index (χ1) is 14.1. The van der Waals surface area contributed by atoms with Crippen molar-refractivity contribution in [2.75, 3.05) is 0 Å². The summed E-state index contributed by atoms with van der Waals surface area (Å²) in [5.74, 6) is 6.00. The van der Waals surface area contributed by atoms with Gasteiger partial charge in [0.2, 0.25) is 0 Å². The minimum atomic E-state index is 0.0889. The number of carbonyl (C=O) groups is 2. The van der Waals surface area contributed by atoms with E-state index in [-0.39, 0.29) is 16.7 Å². The van der Waals surface area contributed by atoms with Crippen LogP contribution in [0.2, 0.25) is 0 Å². The molecule has 0 spiro atoms. The van der Waals surface area contributed by atoms with E-state index in [0.717, 1.165) is 42.9 Å². The molecule has 170 valence electrons. The Morgan fingerprint density at radius 3 is 2.37 bits per heavy atom. The Labute approximate surface area is 185 Å². The van der Waals surface area contributed by atoms with Gasteiger partial charge in [0.1, 0.15) is 11.6 Å². The molecule has 0 bridgehead atoms. The maximum Gasteiger partial charge on any atom is 0.137 e. The third-order valence-electron chi connectivity index (χ3n) is 11.1. The van der Waals surface area contributed by atoms with Crippen molar-refractivity contribution in [1.29, 1.82) is 0 Å². The van der Waals surface area contributed by atoms with Crippen LogP contribution in [-0.4, -0.2) is 11.6 Å². The Morgan fingerprint density at radius 1 is 0.933 bits per heavy atom. The van der Waals surface area contributed by atoms with Crippen molar-refractivity contribution in [2.45, 2.75) is 106 Å². The third-order valence-corrected chi connectivity index (χ3v) is 11.1. The summed E-state index contributed by atoms with van der Waals surface area (Å²) in [5, 5.41) is 0. The standard InChI is InChI=1S/C28H46O2/c1-17(2)18(3)7-8-19(4)23-11-12-24-22-10-9-20-15-21(29)13-14-27(20,5)26(22)25(30)16-28(23,24)6/h17-20,22-24,26H,7-16H2,1-6H3/t18-,19+,20-,22-,23+,24-,26+,27-,28+/m0/s1. The predicted octanol–water partition coefficient (Wildman–Crippen LogP) is 7.10. The molecule has 4 rings (SSSR count). The number of rotatable bonds is 5. The second kappa shape index (κ2) is 8.04. The second-order valence-corrected chi connectivity index (χ2v) is 12.9. The fourth-order valence-corrected chi connectivity index (χ4v) is 8.89. The van der Waals surface area contributed by atoms with E-state index in [0.29, 0.717) is 35.7 Å². The highest BCUT2D eigenvalue weighted by molar-refractivity contribution is 5.85. The fourth-order valence-electron chi connectivity index (χ4n) is 8.89. The monoisotopic (exact) mass is 414 g/mol. The molecule has 0 N–H and O–H groups in total.